The van der Waals surface area contributed by atoms with Crippen molar-refractivity contribution in [3.63, 3.8) is 0 Å². The average Bonchev–Trinajstić information content (AvgIpc) is 2.48. The van der Waals surface area contributed by atoms with Crippen molar-refractivity contribution >= 4 is 0 Å². The van der Waals surface area contributed by atoms with Crippen molar-refractivity contribution in [1.82, 2.24) is 0 Å². The Morgan fingerprint density at radius 1 is 1.30 bits per heavy atom. The Balaban J connectivity index is 2.27. The second-order valence-corrected chi connectivity index (χ2v) is 6.99. The number of ether oxygens (including phenoxy) is 2. The Bertz CT molecular complexity index is 489. The van der Waals surface area contributed by atoms with Gasteiger partial charge in [0.2, 0.25) is 0 Å². The third-order valence-corrected chi connectivity index (χ3v) is 3.88. The fourth-order valence-electron chi connectivity index (χ4n) is 2.95. The zero-order chi connectivity index (χ0) is 15.1. The molecule has 1 saturated heterocycles. The summed E-state index contributed by atoms with van der Waals surface area (Å²) in [6.45, 7) is 12.1. The minimum Gasteiger partial charge on any atom is -0.487 e. The summed E-state index contributed by atoms with van der Waals surface area (Å²) in [5, 5.41) is 9.92. The van der Waals surface area contributed by atoms with Crippen LogP contribution in [-0.4, -0.2) is 22.4 Å². The van der Waals surface area contributed by atoms with Crippen LogP contribution in [-0.2, 0) is 4.74 Å². The van der Waals surface area contributed by atoms with Crippen LogP contribution in [0.25, 0.3) is 0 Å². The van der Waals surface area contributed by atoms with Gasteiger partial charge in [0.1, 0.15) is 17.5 Å². The van der Waals surface area contributed by atoms with Gasteiger partial charge in [0.05, 0.1) is 11.7 Å². The SMILES string of the molecule is Cc1ccc(OC2CC(C)(C)OC2(C)C)c([C@H](C)O)c1. The summed E-state index contributed by atoms with van der Waals surface area (Å²) in [4.78, 5) is 0. The molecule has 1 N–H and O–H groups in total. The maximum atomic E-state index is 9.92. The topological polar surface area (TPSA) is 38.7 Å². The molecule has 3 nitrogen and oxygen atoms in total. The lowest BCUT2D eigenvalue weighted by Crippen LogP contribution is -2.37. The normalized spacial score (nSPS) is 25.4. The molecular formula is C17H26O3. The van der Waals surface area contributed by atoms with Gasteiger partial charge in [0.25, 0.3) is 0 Å². The van der Waals surface area contributed by atoms with Crippen LogP contribution in [0.3, 0.4) is 0 Å². The first-order chi connectivity index (χ1) is 9.11. The summed E-state index contributed by atoms with van der Waals surface area (Å²) in [6, 6.07) is 5.93. The van der Waals surface area contributed by atoms with E-state index in [1.54, 1.807) is 6.92 Å². The summed E-state index contributed by atoms with van der Waals surface area (Å²) >= 11 is 0. The Kier molecular flexibility index (Phi) is 3.87. The van der Waals surface area contributed by atoms with Gasteiger partial charge in [-0.25, -0.2) is 0 Å². The zero-order valence-electron chi connectivity index (χ0n) is 13.4. The average molecular weight is 278 g/mol. The Labute approximate surface area is 121 Å². The molecule has 1 aliphatic heterocycles. The van der Waals surface area contributed by atoms with E-state index in [1.807, 2.05) is 25.1 Å². The van der Waals surface area contributed by atoms with E-state index in [0.717, 1.165) is 23.3 Å². The second kappa shape index (κ2) is 5.05. The standard InChI is InChI=1S/C17H26O3/c1-11-7-8-14(13(9-11)12(2)18)19-15-10-16(3,4)20-17(15,5)6/h7-9,12,15,18H,10H2,1-6H3/t12-,15?/m0/s1. The highest BCUT2D eigenvalue weighted by molar-refractivity contribution is 5.38. The van der Waals surface area contributed by atoms with Crippen LogP contribution in [0, 0.1) is 6.92 Å². The molecule has 0 aromatic heterocycles. The van der Waals surface area contributed by atoms with E-state index in [-0.39, 0.29) is 17.3 Å². The fraction of sp³-hybridized carbons (Fsp3) is 0.647. The molecule has 0 radical (unpaired) electrons. The van der Waals surface area contributed by atoms with Crippen LogP contribution in [0.2, 0.25) is 0 Å². The van der Waals surface area contributed by atoms with E-state index in [1.165, 1.54) is 0 Å². The first kappa shape index (κ1) is 15.3. The summed E-state index contributed by atoms with van der Waals surface area (Å²) in [6.07, 6.45) is 0.286. The number of hydrogen-bond acceptors (Lipinski definition) is 3. The lowest BCUT2D eigenvalue weighted by Gasteiger charge is -2.28. The molecule has 1 aromatic rings. The van der Waals surface area contributed by atoms with Crippen molar-refractivity contribution in [2.75, 3.05) is 0 Å². The van der Waals surface area contributed by atoms with Gasteiger partial charge in [0.15, 0.2) is 0 Å². The van der Waals surface area contributed by atoms with E-state index in [0.29, 0.717) is 0 Å². The number of aryl methyl sites for hydroxylation is 1. The number of aliphatic hydroxyl groups is 1. The monoisotopic (exact) mass is 278 g/mol. The van der Waals surface area contributed by atoms with E-state index in [4.69, 9.17) is 9.47 Å². The second-order valence-electron chi connectivity index (χ2n) is 6.99. The van der Waals surface area contributed by atoms with Gasteiger partial charge in [-0.2, -0.15) is 0 Å². The fourth-order valence-corrected chi connectivity index (χ4v) is 2.95. The molecule has 1 unspecified atom stereocenters. The van der Waals surface area contributed by atoms with E-state index in [9.17, 15) is 5.11 Å². The van der Waals surface area contributed by atoms with Gasteiger partial charge in [-0.15, -0.1) is 0 Å². The van der Waals surface area contributed by atoms with Crippen molar-refractivity contribution in [3.05, 3.63) is 29.3 Å². The van der Waals surface area contributed by atoms with Crippen molar-refractivity contribution in [2.45, 2.75) is 71.4 Å². The smallest absolute Gasteiger partial charge is 0.130 e. The maximum absolute atomic E-state index is 9.92. The van der Waals surface area contributed by atoms with Crippen molar-refractivity contribution in [2.24, 2.45) is 0 Å². The van der Waals surface area contributed by atoms with E-state index >= 15 is 0 Å². The largest absolute Gasteiger partial charge is 0.487 e. The van der Waals surface area contributed by atoms with Crippen LogP contribution in [0.15, 0.2) is 18.2 Å². The first-order valence-corrected chi connectivity index (χ1v) is 7.26. The van der Waals surface area contributed by atoms with E-state index < -0.39 is 6.10 Å². The summed E-state index contributed by atoms with van der Waals surface area (Å²) < 4.78 is 12.2. The zero-order valence-corrected chi connectivity index (χ0v) is 13.4. The minimum atomic E-state index is -0.539. The molecule has 1 aliphatic rings. The molecule has 0 aliphatic carbocycles. The molecule has 20 heavy (non-hydrogen) atoms. The molecule has 112 valence electrons. The Morgan fingerprint density at radius 3 is 2.45 bits per heavy atom. The van der Waals surface area contributed by atoms with Crippen LogP contribution in [0.1, 0.15) is 58.3 Å². The summed E-state index contributed by atoms with van der Waals surface area (Å²) in [5.74, 6) is 0.755. The van der Waals surface area contributed by atoms with Gasteiger partial charge in [0, 0.05) is 12.0 Å². The molecule has 3 heteroatoms. The molecule has 0 spiro atoms. The van der Waals surface area contributed by atoms with Gasteiger partial charge in [-0.1, -0.05) is 11.6 Å². The minimum absolute atomic E-state index is 0.0160. The van der Waals surface area contributed by atoms with Crippen LogP contribution in [0.4, 0.5) is 0 Å². The van der Waals surface area contributed by atoms with Crippen LogP contribution >= 0.6 is 0 Å². The predicted molar refractivity (Wildman–Crippen MR) is 80.1 cm³/mol. The van der Waals surface area contributed by atoms with Crippen molar-refractivity contribution in [3.8, 4) is 5.75 Å². The number of benzene rings is 1. The van der Waals surface area contributed by atoms with Gasteiger partial charge in [-0.3, -0.25) is 0 Å². The maximum Gasteiger partial charge on any atom is 0.130 e. The van der Waals surface area contributed by atoms with Gasteiger partial charge >= 0.3 is 0 Å². The lowest BCUT2D eigenvalue weighted by atomic mass is 9.96. The molecule has 1 fully saturated rings. The molecule has 1 heterocycles. The molecule has 2 atom stereocenters. The van der Waals surface area contributed by atoms with E-state index in [2.05, 4.69) is 27.7 Å². The van der Waals surface area contributed by atoms with Gasteiger partial charge in [-0.05, 0) is 53.7 Å². The lowest BCUT2D eigenvalue weighted by molar-refractivity contribution is -0.0848. The molecule has 0 saturated carbocycles. The highest BCUT2D eigenvalue weighted by Gasteiger charge is 2.47. The third kappa shape index (κ3) is 3.15. The van der Waals surface area contributed by atoms with Crippen LogP contribution < -0.4 is 4.74 Å². The Hall–Kier alpha value is -1.06. The molecular weight excluding hydrogens is 252 g/mol. The number of aliphatic hydroxyl groups excluding tert-OH is 1. The Morgan fingerprint density at radius 2 is 1.95 bits per heavy atom. The summed E-state index contributed by atoms with van der Waals surface area (Å²) in [7, 11) is 0. The highest BCUT2D eigenvalue weighted by atomic mass is 16.6. The molecule has 0 bridgehead atoms. The number of rotatable bonds is 3. The van der Waals surface area contributed by atoms with Crippen molar-refractivity contribution in [1.29, 1.82) is 0 Å². The quantitative estimate of drug-likeness (QED) is 0.914. The van der Waals surface area contributed by atoms with Crippen LogP contribution in [0.5, 0.6) is 5.75 Å². The number of hydrogen-bond donors (Lipinski definition) is 1. The highest BCUT2D eigenvalue weighted by Crippen LogP contribution is 2.40. The molecule has 2 rings (SSSR count). The van der Waals surface area contributed by atoms with Crippen molar-refractivity contribution < 1.29 is 14.6 Å². The third-order valence-electron chi connectivity index (χ3n) is 3.88. The molecule has 1 aromatic carbocycles. The van der Waals surface area contributed by atoms with Gasteiger partial charge < -0.3 is 14.6 Å². The first-order valence-electron chi connectivity index (χ1n) is 7.26. The summed E-state index contributed by atoms with van der Waals surface area (Å²) in [5.41, 5.74) is 1.45. The molecule has 0 amide bonds. The predicted octanol–water partition coefficient (Wildman–Crippen LogP) is 3.77.